The summed E-state index contributed by atoms with van der Waals surface area (Å²) in [5, 5.41) is 57.3. The second-order valence-corrected chi connectivity index (χ2v) is 35.9. The van der Waals surface area contributed by atoms with Gasteiger partial charge in [-0.2, -0.15) is 15.8 Å². The fraction of sp³-hybridized carbons (Fsp3) is 0.281. The molecule has 3 aromatic carbocycles. The number of aryl methyl sites for hydroxylation is 3. The molecule has 0 radical (unpaired) electrons. The second kappa shape index (κ2) is 40.1. The molecule has 3 aliphatic rings. The van der Waals surface area contributed by atoms with E-state index in [1.54, 1.807) is 108 Å². The molecule has 3 aliphatic heterocycles. The highest BCUT2D eigenvalue weighted by Crippen LogP contribution is 2.49. The van der Waals surface area contributed by atoms with Crippen LogP contribution in [0.5, 0.6) is 17.2 Å². The zero-order chi connectivity index (χ0) is 101. The molecule has 12 aromatic rings. The molecule has 0 aliphatic carbocycles. The number of hydrogen-bond acceptors (Lipinski definition) is 21. The maximum atomic E-state index is 15.4. The van der Waals surface area contributed by atoms with Crippen LogP contribution in [0, 0.1) is 107 Å². The van der Waals surface area contributed by atoms with Crippen LogP contribution in [-0.4, -0.2) is 168 Å². The lowest BCUT2D eigenvalue weighted by Crippen LogP contribution is -2.54. The SMILES string of the molecule is C=CC(=O)N1CCN(c2c(C#N)c(=O)n(-c3c(C)ccnc3C(C)C)c3nc(-c4c(F)c(O)c(F)c(Cl)c4F)c(Cl)cc23)C[C@H]1C.C=CC(=O)N1CCN(c2c(C#N)c(=O)n(-c3c(C)ccnc3C(C)C)c3nc(-c4c(F)c(O)c(F)c(Cl)c4F)c(Cl)cc23)C[C@H]1C.C=CC(=O)N1CCN(c2c(C#N)c(=O)n(-c3c(C)ccnc3C(C)C)c3nc(-c4c(F)c(O)c(F)c(Cl)c4F)c(Cl)cc23)C[C@H]1C. The first-order chi connectivity index (χ1) is 65.2. The highest BCUT2D eigenvalue weighted by molar-refractivity contribution is 6.36. The number of nitriles is 3. The van der Waals surface area contributed by atoms with Gasteiger partial charge in [-0.3, -0.25) is 57.4 Å². The first-order valence-corrected chi connectivity index (χ1v) is 44.7. The molecule has 42 heteroatoms. The Morgan fingerprint density at radius 2 is 0.630 bits per heavy atom. The van der Waals surface area contributed by atoms with E-state index < -0.39 is 135 Å². The van der Waals surface area contributed by atoms with Gasteiger partial charge in [0.25, 0.3) is 16.7 Å². The first-order valence-electron chi connectivity index (χ1n) is 42.4. The van der Waals surface area contributed by atoms with Crippen molar-refractivity contribution in [2.75, 3.05) is 73.6 Å². The van der Waals surface area contributed by atoms with Crippen LogP contribution < -0.4 is 31.4 Å². The molecule has 0 bridgehead atoms. The van der Waals surface area contributed by atoms with Gasteiger partial charge in [0.15, 0.2) is 69.6 Å². The Morgan fingerprint density at radius 3 is 0.833 bits per heavy atom. The van der Waals surface area contributed by atoms with Crippen molar-refractivity contribution in [1.29, 1.82) is 15.8 Å². The van der Waals surface area contributed by atoms with E-state index in [0.29, 0.717) is 50.8 Å². The molecule has 714 valence electrons. The molecule has 3 amide bonds. The summed E-state index contributed by atoms with van der Waals surface area (Å²) < 4.78 is 138. The fourth-order valence-electron chi connectivity index (χ4n) is 17.4. The number of aromatic nitrogens is 9. The number of aromatic hydroxyl groups is 3. The van der Waals surface area contributed by atoms with Gasteiger partial charge in [-0.1, -0.05) is 131 Å². The van der Waals surface area contributed by atoms with Crippen molar-refractivity contribution in [2.24, 2.45) is 0 Å². The molecular weight excluding hydrogens is 1930 g/mol. The van der Waals surface area contributed by atoms with E-state index in [2.05, 4.69) is 49.6 Å². The number of pyridine rings is 9. The van der Waals surface area contributed by atoms with Crippen molar-refractivity contribution < 1.29 is 69.2 Å². The van der Waals surface area contributed by atoms with Crippen molar-refractivity contribution in [3.63, 3.8) is 0 Å². The second-order valence-electron chi connectivity index (χ2n) is 33.6. The minimum absolute atomic E-state index is 0.146. The van der Waals surface area contributed by atoms with E-state index in [4.69, 9.17) is 69.6 Å². The molecule has 0 unspecified atom stereocenters. The Kier molecular flexibility index (Phi) is 29.5. The fourth-order valence-corrected chi connectivity index (χ4v) is 18.7. The summed E-state index contributed by atoms with van der Waals surface area (Å²) in [6.45, 7) is 34.3. The van der Waals surface area contributed by atoms with E-state index >= 15 is 26.3 Å². The van der Waals surface area contributed by atoms with Crippen LogP contribution in [0.25, 0.3) is 83.9 Å². The van der Waals surface area contributed by atoms with Gasteiger partial charge in [0.1, 0.15) is 66.9 Å². The zero-order valence-electron chi connectivity index (χ0n) is 75.4. The molecule has 3 atom stereocenters. The molecule has 3 N–H and O–H groups in total. The lowest BCUT2D eigenvalue weighted by atomic mass is 10.0. The summed E-state index contributed by atoms with van der Waals surface area (Å²) in [5.74, 6) is -21.0. The van der Waals surface area contributed by atoms with Crippen LogP contribution in [0.1, 0.15) is 131 Å². The third kappa shape index (κ3) is 17.6. The van der Waals surface area contributed by atoms with Crippen LogP contribution in [0.4, 0.5) is 56.6 Å². The van der Waals surface area contributed by atoms with E-state index in [9.17, 15) is 73.0 Å². The highest BCUT2D eigenvalue weighted by Gasteiger charge is 2.40. The number of piperazine rings is 3. The molecule has 0 spiro atoms. The van der Waals surface area contributed by atoms with E-state index in [1.807, 2.05) is 59.8 Å². The predicted molar refractivity (Wildman–Crippen MR) is 508 cm³/mol. The van der Waals surface area contributed by atoms with Gasteiger partial charge in [0.2, 0.25) is 17.7 Å². The number of rotatable bonds is 15. The molecule has 3 saturated heterocycles. The summed E-state index contributed by atoms with van der Waals surface area (Å²) in [6.07, 6.45) is 8.31. The number of hydrogen-bond donors (Lipinski definition) is 3. The number of anilines is 3. The Bertz CT molecular complexity index is 6790. The molecule has 12 heterocycles. The third-order valence-corrected chi connectivity index (χ3v) is 25.8. The standard InChI is InChI=1S/3C32H27Cl2F3N6O3/c3*1-6-20(44)42-10-9-41(13-16(42)5)29-17-11-19(33)27(21-23(35)22(34)25(37)30(45)24(21)36)40-31(17)43(32(46)18(29)12-38)28-15(4)7-8-39-26(28)14(2)3/h3*6-8,11,14,16,45H,1,9-10,13H2,2-5H3/t3*16-/m111/s1. The zero-order valence-corrected chi connectivity index (χ0v) is 79.9. The van der Waals surface area contributed by atoms with E-state index in [0.717, 1.165) is 13.7 Å². The Labute approximate surface area is 811 Å². The minimum Gasteiger partial charge on any atom is -0.503 e. The van der Waals surface area contributed by atoms with E-state index in [1.165, 1.54) is 36.4 Å². The monoisotopic (exact) mass is 2010 g/mol. The summed E-state index contributed by atoms with van der Waals surface area (Å²) in [5.41, 5.74) is -3.81. The molecule has 27 nitrogen and oxygen atoms in total. The third-order valence-electron chi connectivity index (χ3n) is 24.0. The van der Waals surface area contributed by atoms with Crippen molar-refractivity contribution >= 4 is 137 Å². The average molecular weight is 2010 g/mol. The van der Waals surface area contributed by atoms with Crippen LogP contribution in [-0.2, 0) is 14.4 Å². The van der Waals surface area contributed by atoms with Gasteiger partial charge >= 0.3 is 0 Å². The minimum atomic E-state index is -1.70. The van der Waals surface area contributed by atoms with Crippen LogP contribution in [0.3, 0.4) is 0 Å². The topological polar surface area (TPSA) is 346 Å². The number of carbonyl (C=O) groups is 3. The molecule has 0 saturated carbocycles. The van der Waals surface area contributed by atoms with Crippen molar-refractivity contribution in [3.05, 3.63) is 257 Å². The summed E-state index contributed by atoms with van der Waals surface area (Å²) in [4.78, 5) is 117. The number of phenolic OH excluding ortho intramolecular Hbond substituents is 3. The number of fused-ring (bicyclic) bond motifs is 3. The van der Waals surface area contributed by atoms with Gasteiger partial charge in [-0.25, -0.2) is 54.5 Å². The summed E-state index contributed by atoms with van der Waals surface area (Å²) >= 11 is 37.1. The molecular formula is C96H81Cl6F9N18O9. The highest BCUT2D eigenvalue weighted by atomic mass is 35.5. The number of carbonyl (C=O) groups excluding carboxylic acids is 3. The van der Waals surface area contributed by atoms with Gasteiger partial charge in [0, 0.05) is 112 Å². The predicted octanol–water partition coefficient (Wildman–Crippen LogP) is 19.2. The van der Waals surface area contributed by atoms with Crippen molar-refractivity contribution in [2.45, 2.75) is 119 Å². The molecule has 138 heavy (non-hydrogen) atoms. The van der Waals surface area contributed by atoms with Gasteiger partial charge in [-0.05, 0) is 131 Å². The van der Waals surface area contributed by atoms with Gasteiger partial charge < -0.3 is 44.7 Å². The number of benzene rings is 3. The largest absolute Gasteiger partial charge is 0.503 e. The lowest BCUT2D eigenvalue weighted by molar-refractivity contribution is -0.129. The smallest absolute Gasteiger partial charge is 0.276 e. The maximum absolute atomic E-state index is 15.4. The number of nitrogens with zero attached hydrogens (tertiary/aromatic N) is 18. The van der Waals surface area contributed by atoms with Crippen LogP contribution in [0.15, 0.2) is 107 Å². The maximum Gasteiger partial charge on any atom is 0.276 e. The molecule has 3 fully saturated rings. The van der Waals surface area contributed by atoms with E-state index in [-0.39, 0.29) is 194 Å². The van der Waals surface area contributed by atoms with Crippen molar-refractivity contribution in [3.8, 4) is 86.3 Å². The summed E-state index contributed by atoms with van der Waals surface area (Å²) in [6, 6.07) is 13.9. The lowest BCUT2D eigenvalue weighted by Gasteiger charge is -2.41. The Hall–Kier alpha value is -13.8. The number of amides is 3. The average Bonchev–Trinajstić information content (AvgIpc) is 0.726. The molecule has 15 rings (SSSR count). The quantitative estimate of drug-likeness (QED) is 0.0371. The Morgan fingerprint density at radius 1 is 0.399 bits per heavy atom. The van der Waals surface area contributed by atoms with Crippen LogP contribution >= 0.6 is 69.6 Å². The number of halogens is 15. The first kappa shape index (κ1) is 102. The normalized spacial score (nSPS) is 15.0. The van der Waals surface area contributed by atoms with Crippen molar-refractivity contribution in [1.82, 2.24) is 58.3 Å². The summed E-state index contributed by atoms with van der Waals surface area (Å²) in [7, 11) is 0. The molecule has 9 aromatic heterocycles. The number of phenols is 3. The van der Waals surface area contributed by atoms with Gasteiger partial charge in [0.05, 0.1) is 100 Å². The Balaban J connectivity index is 0.000000175. The van der Waals surface area contributed by atoms with Gasteiger partial charge in [-0.15, -0.1) is 0 Å². The van der Waals surface area contributed by atoms with Crippen LogP contribution in [0.2, 0.25) is 30.1 Å².